The van der Waals surface area contributed by atoms with Crippen LogP contribution in [0.15, 0.2) is 70.5 Å². The first-order chi connectivity index (χ1) is 15.4. The van der Waals surface area contributed by atoms with Crippen molar-refractivity contribution in [2.45, 2.75) is 4.90 Å². The van der Waals surface area contributed by atoms with Crippen LogP contribution in [0.3, 0.4) is 0 Å². The first-order valence-corrected chi connectivity index (χ1v) is 10.0. The van der Waals surface area contributed by atoms with Gasteiger partial charge in [0.15, 0.2) is 11.5 Å². The van der Waals surface area contributed by atoms with E-state index in [9.17, 15) is 25.0 Å². The van der Waals surface area contributed by atoms with E-state index in [0.717, 1.165) is 23.1 Å². The maximum Gasteiger partial charge on any atom is 0.318 e. The van der Waals surface area contributed by atoms with Crippen LogP contribution in [0.4, 0.5) is 11.4 Å². The summed E-state index contributed by atoms with van der Waals surface area (Å²) in [5.41, 5.74) is 0.369. The minimum atomic E-state index is -0.756. The fraction of sp³-hybridized carbons (Fsp3) is 0.0455. The molecule has 0 atom stereocenters. The van der Waals surface area contributed by atoms with Crippen molar-refractivity contribution < 1.29 is 24.1 Å². The lowest BCUT2D eigenvalue weighted by atomic mass is 10.1. The molecular weight excluding hydrogens is 436 g/mol. The Kier molecular flexibility index (Phi) is 5.61. The van der Waals surface area contributed by atoms with Gasteiger partial charge in [-0.1, -0.05) is 30.0 Å². The van der Waals surface area contributed by atoms with Gasteiger partial charge in [-0.3, -0.25) is 25.0 Å². The molecule has 3 aromatic carbocycles. The van der Waals surface area contributed by atoms with Crippen LogP contribution in [-0.4, -0.2) is 22.7 Å². The zero-order valence-corrected chi connectivity index (χ0v) is 17.3. The lowest BCUT2D eigenvalue weighted by Gasteiger charge is -2.11. The number of ketones is 1. The van der Waals surface area contributed by atoms with Crippen LogP contribution in [0.5, 0.6) is 17.2 Å². The molecule has 0 saturated heterocycles. The molecule has 32 heavy (non-hydrogen) atoms. The summed E-state index contributed by atoms with van der Waals surface area (Å²) in [5, 5.41) is 22.3. The van der Waals surface area contributed by atoms with Crippen molar-refractivity contribution >= 4 is 35.0 Å². The van der Waals surface area contributed by atoms with Gasteiger partial charge in [0.1, 0.15) is 0 Å². The predicted molar refractivity (Wildman–Crippen MR) is 117 cm³/mol. The first kappa shape index (κ1) is 21.1. The fourth-order valence-corrected chi connectivity index (χ4v) is 4.16. The fourth-order valence-electron chi connectivity index (χ4n) is 3.11. The average Bonchev–Trinajstić information content (AvgIpc) is 3.10. The summed E-state index contributed by atoms with van der Waals surface area (Å²) < 4.78 is 11.0. The van der Waals surface area contributed by atoms with Crippen LogP contribution in [0.25, 0.3) is 6.08 Å². The summed E-state index contributed by atoms with van der Waals surface area (Å²) in [6.45, 7) is 0. The molecule has 10 heteroatoms. The molecule has 0 unspecified atom stereocenters. The molecule has 0 N–H and O–H groups in total. The third-order valence-electron chi connectivity index (χ3n) is 4.63. The Labute approximate surface area is 185 Å². The molecule has 0 amide bonds. The Hall–Kier alpha value is -4.18. The molecule has 0 aromatic heterocycles. The quantitative estimate of drug-likeness (QED) is 0.269. The molecule has 9 nitrogen and oxygen atoms in total. The molecule has 0 spiro atoms. The van der Waals surface area contributed by atoms with Gasteiger partial charge < -0.3 is 9.47 Å². The maximum atomic E-state index is 12.6. The number of non-ortho nitro benzene ring substituents is 1. The van der Waals surface area contributed by atoms with E-state index in [1.54, 1.807) is 30.3 Å². The van der Waals surface area contributed by atoms with E-state index in [1.807, 2.05) is 18.2 Å². The van der Waals surface area contributed by atoms with Crippen LogP contribution in [0.2, 0.25) is 0 Å². The van der Waals surface area contributed by atoms with Crippen LogP contribution < -0.4 is 9.47 Å². The molecule has 4 rings (SSSR count). The van der Waals surface area contributed by atoms with Gasteiger partial charge in [0.05, 0.1) is 27.9 Å². The lowest BCUT2D eigenvalue weighted by molar-refractivity contribution is -0.394. The summed E-state index contributed by atoms with van der Waals surface area (Å²) in [7, 11) is 1.41. The number of nitro groups is 2. The monoisotopic (exact) mass is 450 g/mol. The molecule has 0 saturated carbocycles. The van der Waals surface area contributed by atoms with Gasteiger partial charge in [-0.15, -0.1) is 0 Å². The molecule has 1 aliphatic rings. The number of thioether (sulfide) groups is 1. The highest BCUT2D eigenvalue weighted by Crippen LogP contribution is 2.42. The van der Waals surface area contributed by atoms with Crippen molar-refractivity contribution in [2.75, 3.05) is 7.11 Å². The van der Waals surface area contributed by atoms with E-state index < -0.39 is 21.2 Å². The van der Waals surface area contributed by atoms with Crippen molar-refractivity contribution in [3.05, 3.63) is 96.9 Å². The summed E-state index contributed by atoms with van der Waals surface area (Å²) in [6, 6.07) is 15.3. The van der Waals surface area contributed by atoms with Crippen molar-refractivity contribution in [3.63, 3.8) is 0 Å². The highest BCUT2D eigenvalue weighted by atomic mass is 32.2. The highest BCUT2D eigenvalue weighted by Gasteiger charge is 2.26. The molecule has 1 aliphatic heterocycles. The number of ether oxygens (including phenoxy) is 2. The zero-order valence-electron chi connectivity index (χ0n) is 16.5. The number of rotatable bonds is 6. The standard InChI is InChI=1S/C22H14N2O7S/c1-30-19-10-13(11-21-22(25)15-4-2-3-5-20(15)32-21)6-8-18(19)31-17-9-7-14(23(26)27)12-16(17)24(28)29/h2-12H,1H3/b21-11-. The maximum absolute atomic E-state index is 12.6. The number of nitro benzene ring substituents is 2. The smallest absolute Gasteiger partial charge is 0.318 e. The number of hydrogen-bond donors (Lipinski definition) is 0. The molecule has 0 radical (unpaired) electrons. The molecule has 160 valence electrons. The topological polar surface area (TPSA) is 122 Å². The van der Waals surface area contributed by atoms with Gasteiger partial charge in [-0.2, -0.15) is 0 Å². The molecule has 0 aliphatic carbocycles. The molecule has 0 fully saturated rings. The van der Waals surface area contributed by atoms with Crippen LogP contribution in [-0.2, 0) is 0 Å². The number of carbonyl (C=O) groups is 1. The van der Waals surface area contributed by atoms with E-state index in [2.05, 4.69) is 0 Å². The summed E-state index contributed by atoms with van der Waals surface area (Å²) in [4.78, 5) is 34.8. The summed E-state index contributed by atoms with van der Waals surface area (Å²) in [6.07, 6.45) is 1.73. The van der Waals surface area contributed by atoms with Crippen LogP contribution in [0, 0.1) is 20.2 Å². The van der Waals surface area contributed by atoms with E-state index in [4.69, 9.17) is 9.47 Å². The third-order valence-corrected chi connectivity index (χ3v) is 5.73. The third kappa shape index (κ3) is 4.03. The Morgan fingerprint density at radius 3 is 2.34 bits per heavy atom. The first-order valence-electron chi connectivity index (χ1n) is 9.19. The number of allylic oxidation sites excluding steroid dienone is 1. The minimum absolute atomic E-state index is 0.0635. The second-order valence-corrected chi connectivity index (χ2v) is 7.70. The van der Waals surface area contributed by atoms with E-state index in [-0.39, 0.29) is 23.0 Å². The highest BCUT2D eigenvalue weighted by molar-refractivity contribution is 8.04. The number of benzene rings is 3. The SMILES string of the molecule is COc1cc(/C=C2\Sc3ccccc3C2=O)ccc1Oc1ccc([N+](=O)[O-])cc1[N+](=O)[O-]. The molecular formula is C22H14N2O7S. The number of Topliss-reactive ketones (excluding diaryl/α,β-unsaturated/α-hetero) is 1. The predicted octanol–water partition coefficient (Wildman–Crippen LogP) is 5.63. The lowest BCUT2D eigenvalue weighted by Crippen LogP contribution is -1.97. The Morgan fingerprint density at radius 2 is 1.66 bits per heavy atom. The largest absolute Gasteiger partial charge is 0.493 e. The van der Waals surface area contributed by atoms with Gasteiger partial charge in [0.25, 0.3) is 5.69 Å². The Balaban J connectivity index is 1.64. The molecule has 1 heterocycles. The van der Waals surface area contributed by atoms with Crippen LogP contribution >= 0.6 is 11.8 Å². The van der Waals surface area contributed by atoms with Crippen molar-refractivity contribution in [1.82, 2.24) is 0 Å². The number of carbonyl (C=O) groups excluding carboxylic acids is 1. The van der Waals surface area contributed by atoms with E-state index in [0.29, 0.717) is 16.0 Å². The zero-order chi connectivity index (χ0) is 22.8. The minimum Gasteiger partial charge on any atom is -0.493 e. The number of methoxy groups -OCH3 is 1. The second-order valence-electron chi connectivity index (χ2n) is 6.61. The van der Waals surface area contributed by atoms with Crippen LogP contribution in [0.1, 0.15) is 15.9 Å². The molecule has 0 bridgehead atoms. The average molecular weight is 450 g/mol. The number of hydrogen-bond acceptors (Lipinski definition) is 8. The normalized spacial score (nSPS) is 13.7. The van der Waals surface area contributed by atoms with Gasteiger partial charge in [-0.25, -0.2) is 0 Å². The van der Waals surface area contributed by atoms with Gasteiger partial charge in [0, 0.05) is 16.5 Å². The van der Waals surface area contributed by atoms with Crippen molar-refractivity contribution in [2.24, 2.45) is 0 Å². The van der Waals surface area contributed by atoms with Gasteiger partial charge in [-0.05, 0) is 42.0 Å². The summed E-state index contributed by atoms with van der Waals surface area (Å²) >= 11 is 1.38. The number of nitrogens with zero attached hydrogens (tertiary/aromatic N) is 2. The van der Waals surface area contributed by atoms with Crippen molar-refractivity contribution in [3.8, 4) is 17.2 Å². The van der Waals surface area contributed by atoms with Gasteiger partial charge >= 0.3 is 5.69 Å². The van der Waals surface area contributed by atoms with Gasteiger partial charge in [0.2, 0.25) is 11.5 Å². The second kappa shape index (κ2) is 8.52. The molecule has 3 aromatic rings. The Bertz CT molecular complexity index is 1300. The van der Waals surface area contributed by atoms with Crippen molar-refractivity contribution in [1.29, 1.82) is 0 Å². The van der Waals surface area contributed by atoms with E-state index >= 15 is 0 Å². The number of fused-ring (bicyclic) bond motifs is 1. The van der Waals surface area contributed by atoms with E-state index in [1.165, 1.54) is 18.9 Å². The Morgan fingerprint density at radius 1 is 0.906 bits per heavy atom. The summed E-state index contributed by atoms with van der Waals surface area (Å²) in [5.74, 6) is 0.230.